The van der Waals surface area contributed by atoms with Crippen LogP contribution >= 0.6 is 0 Å². The maximum Gasteiger partial charge on any atom is 0.276 e. The van der Waals surface area contributed by atoms with Crippen LogP contribution in [0.4, 0.5) is 11.5 Å². The van der Waals surface area contributed by atoms with Crippen molar-refractivity contribution in [3.05, 3.63) is 95.4 Å². The molecule has 0 radical (unpaired) electrons. The van der Waals surface area contributed by atoms with Crippen molar-refractivity contribution in [3.63, 3.8) is 0 Å². The molecule has 0 bridgehead atoms. The monoisotopic (exact) mass is 442 g/mol. The van der Waals surface area contributed by atoms with Gasteiger partial charge in [0.05, 0.1) is 18.4 Å². The number of nitrogens with zero attached hydrogens (tertiary/aromatic N) is 4. The van der Waals surface area contributed by atoms with Crippen molar-refractivity contribution in [2.45, 2.75) is 26.3 Å². The summed E-state index contributed by atoms with van der Waals surface area (Å²) in [6.07, 6.45) is 4.36. The van der Waals surface area contributed by atoms with Crippen LogP contribution in [-0.2, 0) is 24.8 Å². The van der Waals surface area contributed by atoms with Gasteiger partial charge in [-0.1, -0.05) is 60.2 Å². The molecule has 0 saturated heterocycles. The number of amides is 2. The minimum Gasteiger partial charge on any atom is -0.318 e. The van der Waals surface area contributed by atoms with Gasteiger partial charge in [0.15, 0.2) is 5.69 Å². The zero-order valence-electron chi connectivity index (χ0n) is 18.7. The standard InChI is InChI=1S/C25H26N6O2/c1-18-8-10-20(11-9-18)16-31-17-21(15-26-31)27-25(33)22-14-23(30(2)29-22)28-24(32)13-12-19-6-4-3-5-7-19/h3-11,14-15,17H,12-13,16H2,1-2H3,(H,27,33)(H,28,32). The fourth-order valence-corrected chi connectivity index (χ4v) is 3.39. The second-order valence-corrected chi connectivity index (χ2v) is 7.94. The first kappa shape index (κ1) is 22.0. The minimum absolute atomic E-state index is 0.133. The lowest BCUT2D eigenvalue weighted by atomic mass is 10.1. The Balaban J connectivity index is 1.32. The van der Waals surface area contributed by atoms with Gasteiger partial charge in [-0.15, -0.1) is 0 Å². The summed E-state index contributed by atoms with van der Waals surface area (Å²) in [5.41, 5.74) is 4.21. The van der Waals surface area contributed by atoms with Crippen LogP contribution < -0.4 is 10.6 Å². The van der Waals surface area contributed by atoms with Crippen LogP contribution in [-0.4, -0.2) is 31.4 Å². The lowest BCUT2D eigenvalue weighted by Gasteiger charge is -2.05. The summed E-state index contributed by atoms with van der Waals surface area (Å²) in [4.78, 5) is 25.0. The first-order chi connectivity index (χ1) is 16.0. The Kier molecular flexibility index (Phi) is 6.64. The highest BCUT2D eigenvalue weighted by Crippen LogP contribution is 2.14. The summed E-state index contributed by atoms with van der Waals surface area (Å²) >= 11 is 0. The lowest BCUT2D eigenvalue weighted by molar-refractivity contribution is -0.116. The number of carbonyl (C=O) groups is 2. The molecule has 8 heteroatoms. The number of aromatic nitrogens is 4. The lowest BCUT2D eigenvalue weighted by Crippen LogP contribution is -2.14. The molecule has 2 aromatic carbocycles. The molecule has 2 heterocycles. The zero-order valence-corrected chi connectivity index (χ0v) is 18.7. The third-order valence-corrected chi connectivity index (χ3v) is 5.22. The zero-order chi connectivity index (χ0) is 23.2. The number of anilines is 2. The Bertz CT molecular complexity index is 1240. The molecule has 0 atom stereocenters. The van der Waals surface area contributed by atoms with E-state index in [9.17, 15) is 9.59 Å². The maximum atomic E-state index is 12.6. The van der Waals surface area contributed by atoms with Crippen LogP contribution in [0.15, 0.2) is 73.1 Å². The average Bonchev–Trinajstić information content (AvgIpc) is 3.40. The second kappa shape index (κ2) is 9.95. The number of carbonyl (C=O) groups excluding carboxylic acids is 2. The Labute approximate surface area is 192 Å². The van der Waals surface area contributed by atoms with E-state index >= 15 is 0 Å². The molecular formula is C25H26N6O2. The van der Waals surface area contributed by atoms with Crippen molar-refractivity contribution in [1.29, 1.82) is 0 Å². The van der Waals surface area contributed by atoms with Crippen LogP contribution in [0.25, 0.3) is 0 Å². The van der Waals surface area contributed by atoms with Crippen LogP contribution in [0.1, 0.15) is 33.6 Å². The van der Waals surface area contributed by atoms with Crippen molar-refractivity contribution in [3.8, 4) is 0 Å². The summed E-state index contributed by atoms with van der Waals surface area (Å²) in [6, 6.07) is 19.6. The van der Waals surface area contributed by atoms with E-state index in [0.717, 1.165) is 11.1 Å². The van der Waals surface area contributed by atoms with E-state index in [1.165, 1.54) is 10.2 Å². The largest absolute Gasteiger partial charge is 0.318 e. The average molecular weight is 443 g/mol. The molecule has 0 aliphatic heterocycles. The topological polar surface area (TPSA) is 93.8 Å². The molecule has 168 valence electrons. The summed E-state index contributed by atoms with van der Waals surface area (Å²) in [6.45, 7) is 2.66. The number of aryl methyl sites for hydroxylation is 3. The van der Waals surface area contributed by atoms with Gasteiger partial charge >= 0.3 is 0 Å². The highest BCUT2D eigenvalue weighted by atomic mass is 16.2. The first-order valence-corrected chi connectivity index (χ1v) is 10.7. The molecular weight excluding hydrogens is 416 g/mol. The Hall–Kier alpha value is -4.20. The minimum atomic E-state index is -0.370. The van der Waals surface area contributed by atoms with Crippen LogP contribution in [0.5, 0.6) is 0 Å². The third kappa shape index (κ3) is 5.94. The van der Waals surface area contributed by atoms with E-state index in [1.54, 1.807) is 30.2 Å². The van der Waals surface area contributed by atoms with Crippen molar-refractivity contribution in [2.75, 3.05) is 10.6 Å². The SMILES string of the molecule is Cc1ccc(Cn2cc(NC(=O)c3cc(NC(=O)CCc4ccccc4)n(C)n3)cn2)cc1. The number of hydrogen-bond donors (Lipinski definition) is 2. The molecule has 0 fully saturated rings. The van der Waals surface area contributed by atoms with Gasteiger partial charge in [0.1, 0.15) is 5.82 Å². The highest BCUT2D eigenvalue weighted by Gasteiger charge is 2.15. The van der Waals surface area contributed by atoms with E-state index in [2.05, 4.69) is 45.1 Å². The van der Waals surface area contributed by atoms with Gasteiger partial charge < -0.3 is 10.6 Å². The summed E-state index contributed by atoms with van der Waals surface area (Å²) in [5, 5.41) is 14.2. The van der Waals surface area contributed by atoms with Crippen LogP contribution in [0, 0.1) is 6.92 Å². The van der Waals surface area contributed by atoms with Gasteiger partial charge in [0.25, 0.3) is 5.91 Å². The normalized spacial score (nSPS) is 10.7. The van der Waals surface area contributed by atoms with Crippen LogP contribution in [0.3, 0.4) is 0 Å². The molecule has 0 saturated carbocycles. The van der Waals surface area contributed by atoms with Gasteiger partial charge in [-0.25, -0.2) is 0 Å². The van der Waals surface area contributed by atoms with Gasteiger partial charge in [0.2, 0.25) is 5.91 Å². The number of nitrogens with one attached hydrogen (secondary N) is 2. The van der Waals surface area contributed by atoms with Gasteiger partial charge in [0, 0.05) is 25.7 Å². The fourth-order valence-electron chi connectivity index (χ4n) is 3.39. The van der Waals surface area contributed by atoms with Gasteiger partial charge in [-0.05, 0) is 24.5 Å². The predicted molar refractivity (Wildman–Crippen MR) is 127 cm³/mol. The summed E-state index contributed by atoms with van der Waals surface area (Å²) < 4.78 is 3.24. The maximum absolute atomic E-state index is 12.6. The third-order valence-electron chi connectivity index (χ3n) is 5.22. The van der Waals surface area contributed by atoms with Crippen molar-refractivity contribution >= 4 is 23.3 Å². The predicted octanol–water partition coefficient (Wildman–Crippen LogP) is 3.80. The van der Waals surface area contributed by atoms with E-state index in [0.29, 0.717) is 30.9 Å². The molecule has 8 nitrogen and oxygen atoms in total. The van der Waals surface area contributed by atoms with E-state index in [-0.39, 0.29) is 17.5 Å². The molecule has 0 aliphatic carbocycles. The second-order valence-electron chi connectivity index (χ2n) is 7.94. The van der Waals surface area contributed by atoms with Crippen molar-refractivity contribution in [1.82, 2.24) is 19.6 Å². The van der Waals surface area contributed by atoms with E-state index in [4.69, 9.17) is 0 Å². The van der Waals surface area contributed by atoms with E-state index in [1.807, 2.05) is 37.3 Å². The van der Waals surface area contributed by atoms with Crippen molar-refractivity contribution < 1.29 is 9.59 Å². The summed E-state index contributed by atoms with van der Waals surface area (Å²) in [7, 11) is 1.68. The first-order valence-electron chi connectivity index (χ1n) is 10.7. The highest BCUT2D eigenvalue weighted by molar-refractivity contribution is 6.03. The van der Waals surface area contributed by atoms with Crippen molar-refractivity contribution in [2.24, 2.45) is 7.05 Å². The molecule has 0 aliphatic rings. The van der Waals surface area contributed by atoms with Gasteiger partial charge in [-0.2, -0.15) is 10.2 Å². The molecule has 4 rings (SSSR count). The number of hydrogen-bond acceptors (Lipinski definition) is 4. The number of rotatable bonds is 8. The smallest absolute Gasteiger partial charge is 0.276 e. The molecule has 2 amide bonds. The molecule has 0 spiro atoms. The Morgan fingerprint density at radius 2 is 1.73 bits per heavy atom. The van der Waals surface area contributed by atoms with Gasteiger partial charge in [-0.3, -0.25) is 19.0 Å². The number of benzene rings is 2. The van der Waals surface area contributed by atoms with E-state index < -0.39 is 0 Å². The Morgan fingerprint density at radius 1 is 0.970 bits per heavy atom. The molecule has 33 heavy (non-hydrogen) atoms. The van der Waals surface area contributed by atoms with Crippen LogP contribution in [0.2, 0.25) is 0 Å². The molecule has 2 aromatic heterocycles. The molecule has 0 unspecified atom stereocenters. The quantitative estimate of drug-likeness (QED) is 0.434. The molecule has 2 N–H and O–H groups in total. The molecule has 4 aromatic rings. The Morgan fingerprint density at radius 3 is 2.48 bits per heavy atom. The fraction of sp³-hybridized carbons (Fsp3) is 0.200. The summed E-state index contributed by atoms with van der Waals surface area (Å²) in [5.74, 6) is -0.0373.